The maximum absolute atomic E-state index is 4.40. The molecule has 2 heterocycles. The average molecular weight is 242 g/mol. The molecule has 0 bridgehead atoms. The van der Waals surface area contributed by atoms with Gasteiger partial charge in [-0.3, -0.25) is 0 Å². The number of thiazole rings is 1. The number of thioether (sulfide) groups is 1. The van der Waals surface area contributed by atoms with Crippen molar-refractivity contribution in [3.8, 4) is 0 Å². The van der Waals surface area contributed by atoms with Gasteiger partial charge in [-0.2, -0.15) is 11.8 Å². The zero-order valence-electron chi connectivity index (χ0n) is 9.32. The van der Waals surface area contributed by atoms with Gasteiger partial charge < -0.3 is 5.32 Å². The monoisotopic (exact) mass is 242 g/mol. The standard InChI is InChI=1S/C11H18N2S2/c1-11(2,10-12-5-7-15-10)13-9-4-3-6-14-8-9/h5,7,9,13H,3-4,6,8H2,1-2H3. The minimum Gasteiger partial charge on any atom is -0.302 e. The first-order valence-corrected chi connectivity index (χ1v) is 7.47. The summed E-state index contributed by atoms with van der Waals surface area (Å²) in [5.74, 6) is 2.57. The molecule has 1 N–H and O–H groups in total. The van der Waals surface area contributed by atoms with Crippen LogP contribution in [0.25, 0.3) is 0 Å². The third-order valence-electron chi connectivity index (χ3n) is 2.69. The fourth-order valence-electron chi connectivity index (χ4n) is 1.96. The quantitative estimate of drug-likeness (QED) is 0.882. The van der Waals surface area contributed by atoms with E-state index < -0.39 is 0 Å². The molecule has 4 heteroatoms. The molecule has 0 radical (unpaired) electrons. The Morgan fingerprint density at radius 2 is 2.40 bits per heavy atom. The molecule has 1 saturated heterocycles. The van der Waals surface area contributed by atoms with Crippen molar-refractivity contribution in [2.75, 3.05) is 11.5 Å². The molecule has 1 aliphatic heterocycles. The molecule has 0 saturated carbocycles. The van der Waals surface area contributed by atoms with E-state index in [0.717, 1.165) is 0 Å². The van der Waals surface area contributed by atoms with Crippen molar-refractivity contribution >= 4 is 23.1 Å². The molecule has 0 amide bonds. The van der Waals surface area contributed by atoms with E-state index in [1.807, 2.05) is 11.6 Å². The average Bonchev–Trinajstić information content (AvgIpc) is 2.71. The summed E-state index contributed by atoms with van der Waals surface area (Å²) in [6, 6.07) is 0.655. The SMILES string of the molecule is CC(C)(NC1CCCSC1)c1nccs1. The van der Waals surface area contributed by atoms with Crippen LogP contribution in [-0.2, 0) is 5.54 Å². The van der Waals surface area contributed by atoms with Crippen molar-refractivity contribution in [2.45, 2.75) is 38.3 Å². The summed E-state index contributed by atoms with van der Waals surface area (Å²) >= 11 is 3.80. The predicted molar refractivity (Wildman–Crippen MR) is 68.6 cm³/mol. The molecule has 1 fully saturated rings. The first-order chi connectivity index (χ1) is 7.18. The van der Waals surface area contributed by atoms with Gasteiger partial charge in [-0.05, 0) is 32.4 Å². The Bertz CT molecular complexity index is 290. The lowest BCUT2D eigenvalue weighted by Crippen LogP contribution is -2.45. The zero-order chi connectivity index (χ0) is 10.7. The van der Waals surface area contributed by atoms with Gasteiger partial charge in [0, 0.05) is 23.4 Å². The molecule has 2 nitrogen and oxygen atoms in total. The highest BCUT2D eigenvalue weighted by Gasteiger charge is 2.27. The number of aromatic nitrogens is 1. The Balaban J connectivity index is 1.97. The number of nitrogens with zero attached hydrogens (tertiary/aromatic N) is 1. The van der Waals surface area contributed by atoms with Crippen LogP contribution in [0, 0.1) is 0 Å². The molecule has 1 unspecified atom stereocenters. The summed E-state index contributed by atoms with van der Waals surface area (Å²) < 4.78 is 0. The summed E-state index contributed by atoms with van der Waals surface area (Å²) in [6.45, 7) is 4.45. The normalized spacial score (nSPS) is 22.9. The van der Waals surface area contributed by atoms with E-state index in [0.29, 0.717) is 6.04 Å². The summed E-state index contributed by atoms with van der Waals surface area (Å²) in [7, 11) is 0. The second kappa shape index (κ2) is 4.85. The van der Waals surface area contributed by atoms with Crippen molar-refractivity contribution in [3.05, 3.63) is 16.6 Å². The largest absolute Gasteiger partial charge is 0.302 e. The molecule has 0 aromatic carbocycles. The molecule has 1 aliphatic rings. The van der Waals surface area contributed by atoms with E-state index in [1.165, 1.54) is 29.4 Å². The zero-order valence-corrected chi connectivity index (χ0v) is 11.0. The molecule has 0 aliphatic carbocycles. The van der Waals surface area contributed by atoms with Crippen molar-refractivity contribution in [3.63, 3.8) is 0 Å². The third-order valence-corrected chi connectivity index (χ3v) is 5.00. The van der Waals surface area contributed by atoms with E-state index in [1.54, 1.807) is 11.3 Å². The summed E-state index contributed by atoms with van der Waals surface area (Å²) in [5.41, 5.74) is 0.0245. The maximum atomic E-state index is 4.40. The fraction of sp³-hybridized carbons (Fsp3) is 0.727. The van der Waals surface area contributed by atoms with E-state index in [9.17, 15) is 0 Å². The maximum Gasteiger partial charge on any atom is 0.112 e. The van der Waals surface area contributed by atoms with E-state index in [4.69, 9.17) is 0 Å². The van der Waals surface area contributed by atoms with Gasteiger partial charge in [-0.15, -0.1) is 11.3 Å². The Labute approximate surface area is 99.9 Å². The predicted octanol–water partition coefficient (Wildman–Crippen LogP) is 2.86. The molecule has 84 valence electrons. The Morgan fingerprint density at radius 3 is 3.00 bits per heavy atom. The molecule has 0 spiro atoms. The van der Waals surface area contributed by atoms with Crippen LogP contribution in [0.5, 0.6) is 0 Å². The molecular formula is C11H18N2S2. The first kappa shape index (κ1) is 11.4. The van der Waals surface area contributed by atoms with Crippen molar-refractivity contribution in [1.29, 1.82) is 0 Å². The first-order valence-electron chi connectivity index (χ1n) is 5.44. The van der Waals surface area contributed by atoms with Crippen LogP contribution >= 0.6 is 23.1 Å². The van der Waals surface area contributed by atoms with Crippen molar-refractivity contribution in [2.24, 2.45) is 0 Å². The molecule has 1 atom stereocenters. The van der Waals surface area contributed by atoms with Crippen LogP contribution in [-0.4, -0.2) is 22.5 Å². The van der Waals surface area contributed by atoms with Gasteiger partial charge >= 0.3 is 0 Å². The Morgan fingerprint density at radius 1 is 1.53 bits per heavy atom. The van der Waals surface area contributed by atoms with Crippen molar-refractivity contribution in [1.82, 2.24) is 10.3 Å². The van der Waals surface area contributed by atoms with Gasteiger partial charge in [0.05, 0.1) is 5.54 Å². The van der Waals surface area contributed by atoms with Crippen LogP contribution in [0.2, 0.25) is 0 Å². The summed E-state index contributed by atoms with van der Waals surface area (Å²) in [6.07, 6.45) is 4.54. The number of hydrogen-bond acceptors (Lipinski definition) is 4. The highest BCUT2D eigenvalue weighted by Crippen LogP contribution is 2.26. The minimum atomic E-state index is 0.0245. The lowest BCUT2D eigenvalue weighted by molar-refractivity contribution is 0.340. The molecule has 15 heavy (non-hydrogen) atoms. The molecule has 1 aromatic rings. The highest BCUT2D eigenvalue weighted by atomic mass is 32.2. The number of hydrogen-bond donors (Lipinski definition) is 1. The minimum absolute atomic E-state index is 0.0245. The Kier molecular flexibility index (Phi) is 3.69. The number of nitrogens with one attached hydrogen (secondary N) is 1. The number of rotatable bonds is 3. The fourth-order valence-corrected chi connectivity index (χ4v) is 3.76. The summed E-state index contributed by atoms with van der Waals surface area (Å²) in [4.78, 5) is 4.40. The second-order valence-electron chi connectivity index (χ2n) is 4.52. The van der Waals surface area contributed by atoms with Gasteiger partial charge in [0.25, 0.3) is 0 Å². The van der Waals surface area contributed by atoms with Gasteiger partial charge in [0.15, 0.2) is 0 Å². The van der Waals surface area contributed by atoms with Gasteiger partial charge in [0.1, 0.15) is 5.01 Å². The molecule has 2 rings (SSSR count). The highest BCUT2D eigenvalue weighted by molar-refractivity contribution is 7.99. The molecule has 1 aromatic heterocycles. The van der Waals surface area contributed by atoms with Gasteiger partial charge in [0.2, 0.25) is 0 Å². The third kappa shape index (κ3) is 2.95. The smallest absolute Gasteiger partial charge is 0.112 e. The van der Waals surface area contributed by atoms with Crippen LogP contribution in [0.1, 0.15) is 31.7 Å². The van der Waals surface area contributed by atoms with Gasteiger partial charge in [-0.25, -0.2) is 4.98 Å². The molecular weight excluding hydrogens is 224 g/mol. The van der Waals surface area contributed by atoms with Crippen LogP contribution in [0.4, 0.5) is 0 Å². The van der Waals surface area contributed by atoms with E-state index in [2.05, 4.69) is 35.9 Å². The van der Waals surface area contributed by atoms with Crippen LogP contribution < -0.4 is 5.32 Å². The van der Waals surface area contributed by atoms with E-state index >= 15 is 0 Å². The van der Waals surface area contributed by atoms with Crippen LogP contribution in [0.3, 0.4) is 0 Å². The summed E-state index contributed by atoms with van der Waals surface area (Å²) in [5, 5.41) is 6.97. The van der Waals surface area contributed by atoms with Crippen molar-refractivity contribution < 1.29 is 0 Å². The lowest BCUT2D eigenvalue weighted by atomic mass is 10.0. The van der Waals surface area contributed by atoms with Gasteiger partial charge in [-0.1, -0.05) is 0 Å². The van der Waals surface area contributed by atoms with E-state index in [-0.39, 0.29) is 5.54 Å². The second-order valence-corrected chi connectivity index (χ2v) is 6.57. The Hall–Kier alpha value is -0.0600. The topological polar surface area (TPSA) is 24.9 Å². The lowest BCUT2D eigenvalue weighted by Gasteiger charge is -2.32. The van der Waals surface area contributed by atoms with Crippen LogP contribution in [0.15, 0.2) is 11.6 Å².